The summed E-state index contributed by atoms with van der Waals surface area (Å²) in [5.74, 6) is 0. The molecule has 0 bridgehead atoms. The zero-order valence-electron chi connectivity index (χ0n) is 13.1. The molecule has 2 atom stereocenters. The monoisotopic (exact) mass is 326 g/mol. The summed E-state index contributed by atoms with van der Waals surface area (Å²) in [7, 11) is -3.44. The molecular formula is C16H26N2O3S. The number of likely N-dealkylation sites (tertiary alicyclic amines) is 1. The van der Waals surface area contributed by atoms with Gasteiger partial charge in [0.05, 0.1) is 11.0 Å². The second-order valence-electron chi connectivity index (χ2n) is 5.79. The average molecular weight is 326 g/mol. The minimum Gasteiger partial charge on any atom is -0.392 e. The molecule has 1 fully saturated rings. The molecule has 0 aliphatic carbocycles. The van der Waals surface area contributed by atoms with Crippen molar-refractivity contribution in [1.29, 1.82) is 0 Å². The number of hydrogen-bond donors (Lipinski definition) is 2. The Kier molecular flexibility index (Phi) is 6.37. The molecule has 1 aromatic carbocycles. The second kappa shape index (κ2) is 8.06. The molecular weight excluding hydrogens is 300 g/mol. The highest BCUT2D eigenvalue weighted by atomic mass is 32.2. The van der Waals surface area contributed by atoms with Crippen LogP contribution in [0.5, 0.6) is 0 Å². The first kappa shape index (κ1) is 17.4. The lowest BCUT2D eigenvalue weighted by atomic mass is 9.96. The van der Waals surface area contributed by atoms with E-state index in [-0.39, 0.29) is 12.1 Å². The van der Waals surface area contributed by atoms with Crippen molar-refractivity contribution in [3.05, 3.63) is 30.3 Å². The van der Waals surface area contributed by atoms with Gasteiger partial charge in [-0.3, -0.25) is 4.90 Å². The largest absolute Gasteiger partial charge is 0.392 e. The Balaban J connectivity index is 1.89. The van der Waals surface area contributed by atoms with Crippen molar-refractivity contribution in [2.75, 3.05) is 19.6 Å². The van der Waals surface area contributed by atoms with Gasteiger partial charge < -0.3 is 5.11 Å². The summed E-state index contributed by atoms with van der Waals surface area (Å²) in [4.78, 5) is 2.50. The van der Waals surface area contributed by atoms with Gasteiger partial charge in [-0.25, -0.2) is 13.1 Å². The van der Waals surface area contributed by atoms with Gasteiger partial charge in [0.15, 0.2) is 0 Å². The van der Waals surface area contributed by atoms with Crippen LogP contribution in [-0.2, 0) is 10.0 Å². The Morgan fingerprint density at radius 1 is 1.32 bits per heavy atom. The van der Waals surface area contributed by atoms with Gasteiger partial charge in [0.1, 0.15) is 0 Å². The number of nitrogens with one attached hydrogen (secondary N) is 1. The highest BCUT2D eigenvalue weighted by Crippen LogP contribution is 2.20. The van der Waals surface area contributed by atoms with E-state index in [1.165, 1.54) is 0 Å². The fraction of sp³-hybridized carbons (Fsp3) is 0.625. The molecule has 2 rings (SSSR count). The lowest BCUT2D eigenvalue weighted by Gasteiger charge is -2.38. The molecule has 0 unspecified atom stereocenters. The molecule has 0 saturated carbocycles. The molecule has 1 saturated heterocycles. The van der Waals surface area contributed by atoms with Crippen LogP contribution in [0.25, 0.3) is 0 Å². The maximum atomic E-state index is 12.2. The summed E-state index contributed by atoms with van der Waals surface area (Å²) in [6, 6.07) is 8.56. The lowest BCUT2D eigenvalue weighted by Crippen LogP contribution is -2.49. The van der Waals surface area contributed by atoms with Gasteiger partial charge in [0.25, 0.3) is 0 Å². The predicted molar refractivity (Wildman–Crippen MR) is 87.1 cm³/mol. The van der Waals surface area contributed by atoms with Crippen LogP contribution in [0.2, 0.25) is 0 Å². The minimum absolute atomic E-state index is 0.153. The molecule has 1 aliphatic heterocycles. The molecule has 5 nitrogen and oxygen atoms in total. The number of benzene rings is 1. The van der Waals surface area contributed by atoms with Gasteiger partial charge in [-0.1, -0.05) is 31.5 Å². The predicted octanol–water partition coefficient (Wildman–Crippen LogP) is 1.59. The van der Waals surface area contributed by atoms with Crippen LogP contribution >= 0.6 is 0 Å². The van der Waals surface area contributed by atoms with Crippen LogP contribution in [0.3, 0.4) is 0 Å². The quantitative estimate of drug-likeness (QED) is 0.798. The molecule has 0 radical (unpaired) electrons. The van der Waals surface area contributed by atoms with E-state index in [1.807, 2.05) is 6.92 Å². The highest BCUT2D eigenvalue weighted by molar-refractivity contribution is 7.89. The summed E-state index contributed by atoms with van der Waals surface area (Å²) in [5.41, 5.74) is 0. The van der Waals surface area contributed by atoms with Crippen molar-refractivity contribution >= 4 is 10.0 Å². The SMILES string of the molecule is CC[C@H](O)[C@H]1CCCCN1CCNS(=O)(=O)c1ccccc1. The Hall–Kier alpha value is -0.950. The molecule has 0 amide bonds. The van der Waals surface area contributed by atoms with E-state index < -0.39 is 10.0 Å². The molecule has 124 valence electrons. The van der Waals surface area contributed by atoms with E-state index in [1.54, 1.807) is 30.3 Å². The summed E-state index contributed by atoms with van der Waals surface area (Å²) in [6.45, 7) is 3.91. The molecule has 0 aromatic heterocycles. The third kappa shape index (κ3) is 4.52. The van der Waals surface area contributed by atoms with Crippen LogP contribution in [0, 0.1) is 0 Å². The molecule has 2 N–H and O–H groups in total. The molecule has 1 aromatic rings. The number of rotatable bonds is 7. The van der Waals surface area contributed by atoms with Gasteiger partial charge in [-0.2, -0.15) is 0 Å². The van der Waals surface area contributed by atoms with E-state index in [0.29, 0.717) is 18.0 Å². The van der Waals surface area contributed by atoms with Crippen LogP contribution in [0.15, 0.2) is 35.2 Å². The number of hydrogen-bond acceptors (Lipinski definition) is 4. The highest BCUT2D eigenvalue weighted by Gasteiger charge is 2.27. The van der Waals surface area contributed by atoms with Crippen LogP contribution < -0.4 is 4.72 Å². The molecule has 6 heteroatoms. The van der Waals surface area contributed by atoms with E-state index in [2.05, 4.69) is 9.62 Å². The minimum atomic E-state index is -3.44. The van der Waals surface area contributed by atoms with E-state index in [4.69, 9.17) is 0 Å². The molecule has 22 heavy (non-hydrogen) atoms. The Bertz CT molecular complexity index is 548. The number of sulfonamides is 1. The molecule has 1 aliphatic rings. The summed E-state index contributed by atoms with van der Waals surface area (Å²) < 4.78 is 27.0. The van der Waals surface area contributed by atoms with E-state index in [9.17, 15) is 13.5 Å². The third-order valence-electron chi connectivity index (χ3n) is 4.27. The second-order valence-corrected chi connectivity index (χ2v) is 7.55. The summed E-state index contributed by atoms with van der Waals surface area (Å²) in [5, 5.41) is 10.1. The average Bonchev–Trinajstić information content (AvgIpc) is 2.55. The van der Waals surface area contributed by atoms with Crippen molar-refractivity contribution in [1.82, 2.24) is 9.62 Å². The normalized spacial score (nSPS) is 21.6. The van der Waals surface area contributed by atoms with E-state index >= 15 is 0 Å². The van der Waals surface area contributed by atoms with Crippen molar-refractivity contribution in [3.63, 3.8) is 0 Å². The van der Waals surface area contributed by atoms with Gasteiger partial charge in [-0.05, 0) is 37.9 Å². The zero-order chi connectivity index (χ0) is 16.0. The summed E-state index contributed by atoms with van der Waals surface area (Å²) in [6.07, 6.45) is 3.63. The maximum Gasteiger partial charge on any atom is 0.240 e. The van der Waals surface area contributed by atoms with E-state index in [0.717, 1.165) is 32.2 Å². The Morgan fingerprint density at radius 3 is 2.73 bits per heavy atom. The van der Waals surface area contributed by atoms with Crippen LogP contribution in [-0.4, -0.2) is 50.2 Å². The smallest absolute Gasteiger partial charge is 0.240 e. The Labute approximate surface area is 133 Å². The Morgan fingerprint density at radius 2 is 2.05 bits per heavy atom. The number of aliphatic hydroxyl groups excluding tert-OH is 1. The van der Waals surface area contributed by atoms with Crippen LogP contribution in [0.1, 0.15) is 32.6 Å². The van der Waals surface area contributed by atoms with Crippen LogP contribution in [0.4, 0.5) is 0 Å². The maximum absolute atomic E-state index is 12.2. The van der Waals surface area contributed by atoms with Gasteiger partial charge >= 0.3 is 0 Å². The number of aliphatic hydroxyl groups is 1. The van der Waals surface area contributed by atoms with Crippen molar-refractivity contribution in [2.45, 2.75) is 49.6 Å². The topological polar surface area (TPSA) is 69.6 Å². The third-order valence-corrected chi connectivity index (χ3v) is 5.75. The molecule has 0 spiro atoms. The van der Waals surface area contributed by atoms with Crippen molar-refractivity contribution in [3.8, 4) is 0 Å². The zero-order valence-corrected chi connectivity index (χ0v) is 13.9. The van der Waals surface area contributed by atoms with Gasteiger partial charge in [0.2, 0.25) is 10.0 Å². The number of nitrogens with zero attached hydrogens (tertiary/aromatic N) is 1. The van der Waals surface area contributed by atoms with Crippen molar-refractivity contribution in [2.24, 2.45) is 0 Å². The first-order valence-electron chi connectivity index (χ1n) is 8.01. The number of piperidine rings is 1. The van der Waals surface area contributed by atoms with Gasteiger partial charge in [0, 0.05) is 19.1 Å². The van der Waals surface area contributed by atoms with Crippen molar-refractivity contribution < 1.29 is 13.5 Å². The first-order chi connectivity index (χ1) is 10.5. The summed E-state index contributed by atoms with van der Waals surface area (Å²) >= 11 is 0. The molecule has 1 heterocycles. The lowest BCUT2D eigenvalue weighted by molar-refractivity contribution is 0.0254. The van der Waals surface area contributed by atoms with Gasteiger partial charge in [-0.15, -0.1) is 0 Å². The fourth-order valence-electron chi connectivity index (χ4n) is 3.01. The fourth-order valence-corrected chi connectivity index (χ4v) is 4.05. The standard InChI is InChI=1S/C16H26N2O3S/c1-2-16(19)15-10-6-7-12-18(15)13-11-17-22(20,21)14-8-4-3-5-9-14/h3-5,8-9,15-17,19H,2,6-7,10-13H2,1H3/t15-,16+/m1/s1. The first-order valence-corrected chi connectivity index (χ1v) is 9.49.